The van der Waals surface area contributed by atoms with Gasteiger partial charge in [-0.15, -0.1) is 0 Å². The third-order valence-corrected chi connectivity index (χ3v) is 4.22. The summed E-state index contributed by atoms with van der Waals surface area (Å²) in [5, 5.41) is 0. The van der Waals surface area contributed by atoms with E-state index in [1.807, 2.05) is 4.90 Å². The van der Waals surface area contributed by atoms with Crippen LogP contribution < -0.4 is 10.5 Å². The highest BCUT2D eigenvalue weighted by molar-refractivity contribution is 5.95. The van der Waals surface area contributed by atoms with Crippen LogP contribution in [0, 0.1) is 0 Å². The first-order valence-corrected chi connectivity index (χ1v) is 7.07. The van der Waals surface area contributed by atoms with Crippen molar-refractivity contribution in [3.8, 4) is 5.75 Å². The van der Waals surface area contributed by atoms with E-state index in [2.05, 4.69) is 0 Å². The Morgan fingerprint density at radius 2 is 2.30 bits per heavy atom. The lowest BCUT2D eigenvalue weighted by atomic mass is 10.1. The minimum atomic E-state index is 0.0449. The van der Waals surface area contributed by atoms with E-state index in [0.717, 1.165) is 19.3 Å². The van der Waals surface area contributed by atoms with E-state index in [9.17, 15) is 4.79 Å². The average Bonchev–Trinajstić information content (AvgIpc) is 2.95. The number of rotatable bonds is 2. The molecule has 3 rings (SSSR count). The van der Waals surface area contributed by atoms with Crippen LogP contribution in [0.15, 0.2) is 18.2 Å². The molecule has 0 aromatic heterocycles. The summed E-state index contributed by atoms with van der Waals surface area (Å²) in [6, 6.07) is 5.43. The molecule has 2 fully saturated rings. The summed E-state index contributed by atoms with van der Waals surface area (Å²) < 4.78 is 10.9. The second-order valence-electron chi connectivity index (χ2n) is 5.36. The molecule has 0 bridgehead atoms. The van der Waals surface area contributed by atoms with Crippen molar-refractivity contribution >= 4 is 11.6 Å². The third kappa shape index (κ3) is 2.22. The van der Waals surface area contributed by atoms with Gasteiger partial charge < -0.3 is 20.1 Å². The first-order valence-electron chi connectivity index (χ1n) is 7.07. The molecule has 108 valence electrons. The maximum absolute atomic E-state index is 12.7. The zero-order valence-corrected chi connectivity index (χ0v) is 11.7. The highest BCUT2D eigenvalue weighted by Gasteiger charge is 2.38. The van der Waals surface area contributed by atoms with Gasteiger partial charge in [-0.05, 0) is 37.5 Å². The Balaban J connectivity index is 1.84. The monoisotopic (exact) mass is 276 g/mol. The summed E-state index contributed by atoms with van der Waals surface area (Å²) in [5.74, 6) is 0.593. The molecule has 5 nitrogen and oxygen atoms in total. The summed E-state index contributed by atoms with van der Waals surface area (Å²) in [7, 11) is 1.56. The van der Waals surface area contributed by atoms with Gasteiger partial charge in [0.2, 0.25) is 0 Å². The summed E-state index contributed by atoms with van der Waals surface area (Å²) in [4.78, 5) is 14.6. The van der Waals surface area contributed by atoms with Crippen molar-refractivity contribution in [1.82, 2.24) is 4.90 Å². The molecule has 0 radical (unpaired) electrons. The van der Waals surface area contributed by atoms with Crippen molar-refractivity contribution in [3.05, 3.63) is 23.8 Å². The highest BCUT2D eigenvalue weighted by Crippen LogP contribution is 2.31. The number of nitrogens with zero attached hydrogens (tertiary/aromatic N) is 1. The number of anilines is 1. The molecular formula is C15H20N2O3. The smallest absolute Gasteiger partial charge is 0.254 e. The first kappa shape index (κ1) is 13.2. The lowest BCUT2D eigenvalue weighted by molar-refractivity contribution is -0.0445. The number of hydrogen-bond acceptors (Lipinski definition) is 4. The molecule has 2 N–H and O–H groups in total. The predicted octanol–water partition coefficient (Wildman–Crippen LogP) is 1.67. The van der Waals surface area contributed by atoms with Crippen molar-refractivity contribution < 1.29 is 14.3 Å². The molecule has 20 heavy (non-hydrogen) atoms. The van der Waals surface area contributed by atoms with E-state index in [0.29, 0.717) is 30.2 Å². The summed E-state index contributed by atoms with van der Waals surface area (Å²) in [5.41, 5.74) is 6.97. The average molecular weight is 276 g/mol. The van der Waals surface area contributed by atoms with Crippen LogP contribution in [0.5, 0.6) is 5.75 Å². The fraction of sp³-hybridized carbons (Fsp3) is 0.533. The number of nitrogens with two attached hydrogens (primary N) is 1. The molecule has 5 heteroatoms. The maximum Gasteiger partial charge on any atom is 0.254 e. The molecule has 2 atom stereocenters. The van der Waals surface area contributed by atoms with Gasteiger partial charge in [-0.3, -0.25) is 4.79 Å². The molecule has 1 saturated heterocycles. The van der Waals surface area contributed by atoms with Crippen molar-refractivity contribution in [3.63, 3.8) is 0 Å². The van der Waals surface area contributed by atoms with Crippen LogP contribution in [-0.2, 0) is 4.74 Å². The van der Waals surface area contributed by atoms with Crippen LogP contribution in [0.1, 0.15) is 29.6 Å². The summed E-state index contributed by atoms with van der Waals surface area (Å²) in [6.07, 6.45) is 3.43. The van der Waals surface area contributed by atoms with Crippen molar-refractivity contribution in [2.24, 2.45) is 0 Å². The van der Waals surface area contributed by atoms with E-state index < -0.39 is 0 Å². The van der Waals surface area contributed by atoms with Crippen LogP contribution in [-0.4, -0.2) is 43.2 Å². The van der Waals surface area contributed by atoms with E-state index in [1.165, 1.54) is 0 Å². The molecule has 2 unspecified atom stereocenters. The van der Waals surface area contributed by atoms with Gasteiger partial charge >= 0.3 is 0 Å². The topological polar surface area (TPSA) is 64.8 Å². The normalized spacial score (nSPS) is 25.4. The van der Waals surface area contributed by atoms with E-state index in [4.69, 9.17) is 15.2 Å². The Labute approximate surface area is 118 Å². The maximum atomic E-state index is 12.7. The van der Waals surface area contributed by atoms with Gasteiger partial charge in [0.1, 0.15) is 5.75 Å². The number of morpholine rings is 1. The van der Waals surface area contributed by atoms with Gasteiger partial charge in [0.25, 0.3) is 5.91 Å². The van der Waals surface area contributed by atoms with Crippen LogP contribution in [0.4, 0.5) is 5.69 Å². The minimum Gasteiger partial charge on any atom is -0.495 e. The molecule has 1 aliphatic heterocycles. The number of carbonyl (C=O) groups is 1. The van der Waals surface area contributed by atoms with Crippen LogP contribution >= 0.6 is 0 Å². The quantitative estimate of drug-likeness (QED) is 0.835. The second-order valence-corrected chi connectivity index (χ2v) is 5.36. The molecule has 1 aliphatic carbocycles. The Morgan fingerprint density at radius 3 is 3.10 bits per heavy atom. The minimum absolute atomic E-state index is 0.0449. The molecule has 1 aromatic rings. The SMILES string of the molecule is COc1cc(C(=O)N2CCOC3CCCC32)ccc1N. The Hall–Kier alpha value is -1.75. The van der Waals surface area contributed by atoms with Gasteiger partial charge in [0, 0.05) is 12.1 Å². The number of ether oxygens (including phenoxy) is 2. The van der Waals surface area contributed by atoms with Gasteiger partial charge in [-0.2, -0.15) is 0 Å². The number of nitrogen functional groups attached to an aromatic ring is 1. The lowest BCUT2D eigenvalue weighted by Crippen LogP contribution is -2.51. The number of hydrogen-bond donors (Lipinski definition) is 1. The van der Waals surface area contributed by atoms with Gasteiger partial charge in [0.05, 0.1) is 31.5 Å². The molecule has 1 saturated carbocycles. The van der Waals surface area contributed by atoms with Crippen LogP contribution in [0.2, 0.25) is 0 Å². The van der Waals surface area contributed by atoms with E-state index >= 15 is 0 Å². The number of benzene rings is 1. The number of carbonyl (C=O) groups excluding carboxylic acids is 1. The van der Waals surface area contributed by atoms with E-state index in [-0.39, 0.29) is 18.1 Å². The Morgan fingerprint density at radius 1 is 1.45 bits per heavy atom. The highest BCUT2D eigenvalue weighted by atomic mass is 16.5. The molecular weight excluding hydrogens is 256 g/mol. The number of amides is 1. The zero-order valence-electron chi connectivity index (χ0n) is 11.7. The molecule has 1 amide bonds. The Kier molecular flexibility index (Phi) is 3.53. The van der Waals surface area contributed by atoms with Crippen molar-refractivity contribution in [1.29, 1.82) is 0 Å². The number of methoxy groups -OCH3 is 1. The summed E-state index contributed by atoms with van der Waals surface area (Å²) in [6.45, 7) is 1.28. The first-order chi connectivity index (χ1) is 9.70. The largest absolute Gasteiger partial charge is 0.495 e. The molecule has 1 heterocycles. The molecule has 0 spiro atoms. The number of fused-ring (bicyclic) bond motifs is 1. The fourth-order valence-corrected chi connectivity index (χ4v) is 3.19. The van der Waals surface area contributed by atoms with Crippen LogP contribution in [0.25, 0.3) is 0 Å². The zero-order chi connectivity index (χ0) is 14.1. The second kappa shape index (κ2) is 5.32. The van der Waals surface area contributed by atoms with E-state index in [1.54, 1.807) is 25.3 Å². The standard InChI is InChI=1S/C15H20N2O3/c1-19-14-9-10(5-6-11(14)16)15(18)17-7-8-20-13-4-2-3-12(13)17/h5-6,9,12-13H,2-4,7-8,16H2,1H3. The van der Waals surface area contributed by atoms with Crippen LogP contribution in [0.3, 0.4) is 0 Å². The molecule has 1 aromatic carbocycles. The van der Waals surface area contributed by atoms with Gasteiger partial charge in [0.15, 0.2) is 0 Å². The fourth-order valence-electron chi connectivity index (χ4n) is 3.19. The van der Waals surface area contributed by atoms with Gasteiger partial charge in [-0.1, -0.05) is 0 Å². The summed E-state index contributed by atoms with van der Waals surface area (Å²) >= 11 is 0. The van der Waals surface area contributed by atoms with Crippen molar-refractivity contribution in [2.45, 2.75) is 31.4 Å². The van der Waals surface area contributed by atoms with Crippen molar-refractivity contribution in [2.75, 3.05) is 26.0 Å². The third-order valence-electron chi connectivity index (χ3n) is 4.22. The Bertz CT molecular complexity index is 518. The molecule has 2 aliphatic rings. The predicted molar refractivity (Wildman–Crippen MR) is 75.8 cm³/mol. The van der Waals surface area contributed by atoms with Gasteiger partial charge in [-0.25, -0.2) is 0 Å². The lowest BCUT2D eigenvalue weighted by Gasteiger charge is -2.37.